The summed E-state index contributed by atoms with van der Waals surface area (Å²) in [5, 5.41) is 17.8. The predicted molar refractivity (Wildman–Crippen MR) is 62.3 cm³/mol. The smallest absolute Gasteiger partial charge is 0.161 e. The number of nitrogens with zero attached hydrogens (tertiary/aromatic N) is 3. The van der Waals surface area contributed by atoms with Crippen molar-refractivity contribution in [1.82, 2.24) is 14.6 Å². The molecule has 2 heterocycles. The molecule has 2 aromatic heterocycles. The van der Waals surface area contributed by atoms with Gasteiger partial charge in [0.25, 0.3) is 0 Å². The highest BCUT2D eigenvalue weighted by molar-refractivity contribution is 5.42. The summed E-state index contributed by atoms with van der Waals surface area (Å²) in [4.78, 5) is 0. The molecule has 2 aromatic rings. The zero-order valence-corrected chi connectivity index (χ0v) is 10.1. The van der Waals surface area contributed by atoms with Gasteiger partial charge in [0.15, 0.2) is 5.65 Å². The number of rotatable bonds is 1. The first-order valence-corrected chi connectivity index (χ1v) is 5.43. The Bertz CT molecular complexity index is 508. The fourth-order valence-electron chi connectivity index (χ4n) is 1.68. The Morgan fingerprint density at radius 3 is 2.56 bits per heavy atom. The Kier molecular flexibility index (Phi) is 2.46. The van der Waals surface area contributed by atoms with Crippen LogP contribution in [0.3, 0.4) is 0 Å². The average molecular weight is 219 g/mol. The zero-order chi connectivity index (χ0) is 11.9. The van der Waals surface area contributed by atoms with Gasteiger partial charge in [-0.15, -0.1) is 10.2 Å². The molecule has 4 nitrogen and oxygen atoms in total. The molecule has 0 aliphatic heterocycles. The van der Waals surface area contributed by atoms with Crippen LogP contribution in [-0.2, 0) is 5.41 Å². The lowest BCUT2D eigenvalue weighted by Gasteiger charge is -2.15. The van der Waals surface area contributed by atoms with Gasteiger partial charge in [-0.1, -0.05) is 20.8 Å². The number of hydrogen-bond donors (Lipinski definition) is 1. The van der Waals surface area contributed by atoms with Gasteiger partial charge in [-0.25, -0.2) is 0 Å². The lowest BCUT2D eigenvalue weighted by atomic mass is 9.96. The van der Waals surface area contributed by atoms with Crippen molar-refractivity contribution in [2.45, 2.75) is 39.2 Å². The second-order valence-electron chi connectivity index (χ2n) is 5.14. The van der Waals surface area contributed by atoms with Crippen LogP contribution in [0.2, 0.25) is 0 Å². The number of aliphatic hydroxyl groups is 1. The molecule has 1 N–H and O–H groups in total. The summed E-state index contributed by atoms with van der Waals surface area (Å²) in [5.41, 5.74) is 1.61. The summed E-state index contributed by atoms with van der Waals surface area (Å²) in [6.45, 7) is 8.05. The summed E-state index contributed by atoms with van der Waals surface area (Å²) >= 11 is 0. The summed E-state index contributed by atoms with van der Waals surface area (Å²) < 4.78 is 1.96. The van der Waals surface area contributed by atoms with E-state index in [0.29, 0.717) is 0 Å². The Labute approximate surface area is 94.9 Å². The summed E-state index contributed by atoms with van der Waals surface area (Å²) in [7, 11) is 0. The molecule has 1 atom stereocenters. The predicted octanol–water partition coefficient (Wildman–Crippen LogP) is 2.08. The minimum Gasteiger partial charge on any atom is -0.389 e. The molecular formula is C12H17N3O. The second kappa shape index (κ2) is 3.56. The molecule has 4 heteroatoms. The second-order valence-corrected chi connectivity index (χ2v) is 5.14. The molecule has 0 saturated heterocycles. The fraction of sp³-hybridized carbons (Fsp3) is 0.500. The third-order valence-corrected chi connectivity index (χ3v) is 2.59. The number of hydrogen-bond acceptors (Lipinski definition) is 3. The third kappa shape index (κ3) is 1.80. The highest BCUT2D eigenvalue weighted by Gasteiger charge is 2.20. The van der Waals surface area contributed by atoms with Gasteiger partial charge in [0.1, 0.15) is 5.82 Å². The topological polar surface area (TPSA) is 50.4 Å². The maximum absolute atomic E-state index is 9.49. The number of fused-ring (bicyclic) bond motifs is 1. The molecule has 1 unspecified atom stereocenters. The molecule has 16 heavy (non-hydrogen) atoms. The Hall–Kier alpha value is -1.42. The lowest BCUT2D eigenvalue weighted by Crippen LogP contribution is -2.15. The maximum atomic E-state index is 9.49. The van der Waals surface area contributed by atoms with E-state index in [1.54, 1.807) is 6.92 Å². The van der Waals surface area contributed by atoms with Crippen molar-refractivity contribution in [3.05, 3.63) is 29.7 Å². The van der Waals surface area contributed by atoms with E-state index in [4.69, 9.17) is 0 Å². The molecule has 0 radical (unpaired) electrons. The van der Waals surface area contributed by atoms with Gasteiger partial charge in [0.05, 0.1) is 6.10 Å². The molecule has 0 bridgehead atoms. The standard InChI is InChI=1S/C12H17N3O/c1-8(16)9-5-6-15-10(7-9)13-14-11(15)12(2,3)4/h5-8,16H,1-4H3. The molecule has 0 saturated carbocycles. The van der Waals surface area contributed by atoms with Crippen molar-refractivity contribution in [2.75, 3.05) is 0 Å². The van der Waals surface area contributed by atoms with E-state index in [-0.39, 0.29) is 5.41 Å². The highest BCUT2D eigenvalue weighted by atomic mass is 16.3. The van der Waals surface area contributed by atoms with E-state index >= 15 is 0 Å². The first-order chi connectivity index (χ1) is 7.39. The van der Waals surface area contributed by atoms with Crippen molar-refractivity contribution in [3.8, 4) is 0 Å². The quantitative estimate of drug-likeness (QED) is 0.799. The van der Waals surface area contributed by atoms with Gasteiger partial charge >= 0.3 is 0 Å². The van der Waals surface area contributed by atoms with Crippen LogP contribution in [0.25, 0.3) is 5.65 Å². The maximum Gasteiger partial charge on any atom is 0.161 e. The average Bonchev–Trinajstić information content (AvgIpc) is 2.58. The van der Waals surface area contributed by atoms with Gasteiger partial charge in [0, 0.05) is 11.6 Å². The lowest BCUT2D eigenvalue weighted by molar-refractivity contribution is 0.199. The van der Waals surface area contributed by atoms with Crippen molar-refractivity contribution >= 4 is 5.65 Å². The van der Waals surface area contributed by atoms with E-state index in [2.05, 4.69) is 31.0 Å². The van der Waals surface area contributed by atoms with E-state index in [1.807, 2.05) is 22.7 Å². The molecule has 2 rings (SSSR count). The van der Waals surface area contributed by atoms with Gasteiger partial charge in [-0.3, -0.25) is 4.40 Å². The molecular weight excluding hydrogens is 202 g/mol. The Morgan fingerprint density at radius 2 is 2.00 bits per heavy atom. The summed E-state index contributed by atoms with van der Waals surface area (Å²) in [6, 6.07) is 3.77. The monoisotopic (exact) mass is 219 g/mol. The van der Waals surface area contributed by atoms with E-state index in [0.717, 1.165) is 17.0 Å². The Balaban J connectivity index is 2.59. The van der Waals surface area contributed by atoms with Gasteiger partial charge in [-0.05, 0) is 24.6 Å². The van der Waals surface area contributed by atoms with E-state index < -0.39 is 6.10 Å². The van der Waals surface area contributed by atoms with Crippen LogP contribution >= 0.6 is 0 Å². The minimum absolute atomic E-state index is 0.0359. The van der Waals surface area contributed by atoms with Crippen LogP contribution in [0.5, 0.6) is 0 Å². The van der Waals surface area contributed by atoms with Crippen LogP contribution in [-0.4, -0.2) is 19.7 Å². The molecule has 86 valence electrons. The highest BCUT2D eigenvalue weighted by Crippen LogP contribution is 2.22. The summed E-state index contributed by atoms with van der Waals surface area (Å²) in [5.74, 6) is 0.930. The van der Waals surface area contributed by atoms with Crippen molar-refractivity contribution in [3.63, 3.8) is 0 Å². The Morgan fingerprint density at radius 1 is 1.31 bits per heavy atom. The van der Waals surface area contributed by atoms with Crippen LogP contribution in [0.4, 0.5) is 0 Å². The van der Waals surface area contributed by atoms with Crippen LogP contribution < -0.4 is 0 Å². The van der Waals surface area contributed by atoms with E-state index in [9.17, 15) is 5.11 Å². The number of pyridine rings is 1. The van der Waals surface area contributed by atoms with Gasteiger partial charge in [0.2, 0.25) is 0 Å². The van der Waals surface area contributed by atoms with Crippen LogP contribution in [0, 0.1) is 0 Å². The van der Waals surface area contributed by atoms with Crippen molar-refractivity contribution in [1.29, 1.82) is 0 Å². The van der Waals surface area contributed by atoms with E-state index in [1.165, 1.54) is 0 Å². The van der Waals surface area contributed by atoms with Gasteiger partial charge < -0.3 is 5.11 Å². The number of aliphatic hydroxyl groups excluding tert-OH is 1. The molecule has 0 fully saturated rings. The minimum atomic E-state index is -0.472. The normalized spacial score (nSPS) is 14.3. The van der Waals surface area contributed by atoms with Crippen LogP contribution in [0.15, 0.2) is 18.3 Å². The summed E-state index contributed by atoms with van der Waals surface area (Å²) in [6.07, 6.45) is 1.44. The zero-order valence-electron chi connectivity index (χ0n) is 10.1. The van der Waals surface area contributed by atoms with Gasteiger partial charge in [-0.2, -0.15) is 0 Å². The first kappa shape index (κ1) is 11.1. The largest absolute Gasteiger partial charge is 0.389 e. The third-order valence-electron chi connectivity index (χ3n) is 2.59. The first-order valence-electron chi connectivity index (χ1n) is 5.43. The molecule has 0 amide bonds. The molecule has 0 aliphatic carbocycles. The molecule has 0 spiro atoms. The van der Waals surface area contributed by atoms with Crippen molar-refractivity contribution in [2.24, 2.45) is 0 Å². The molecule has 0 aromatic carbocycles. The SMILES string of the molecule is CC(O)c1ccn2c(C(C)(C)C)nnc2c1. The van der Waals surface area contributed by atoms with Crippen LogP contribution in [0.1, 0.15) is 45.2 Å². The fourth-order valence-corrected chi connectivity index (χ4v) is 1.68. The molecule has 0 aliphatic rings. The number of aromatic nitrogens is 3. The van der Waals surface area contributed by atoms with Crippen molar-refractivity contribution < 1.29 is 5.11 Å².